The third kappa shape index (κ3) is 4.00. The lowest BCUT2D eigenvalue weighted by molar-refractivity contribution is -0.0747. The van der Waals surface area contributed by atoms with Gasteiger partial charge in [0.1, 0.15) is 22.8 Å². The Morgan fingerprint density at radius 1 is 1.26 bits per heavy atom. The maximum atomic E-state index is 14.5. The molecule has 0 aromatic heterocycles. The predicted molar refractivity (Wildman–Crippen MR) is 91.0 cm³/mol. The third-order valence-corrected chi connectivity index (χ3v) is 5.03. The number of nitrogens with zero attached hydrogens (tertiary/aromatic N) is 1. The van der Waals surface area contributed by atoms with E-state index >= 15 is 0 Å². The van der Waals surface area contributed by atoms with E-state index in [4.69, 9.17) is 4.74 Å². The summed E-state index contributed by atoms with van der Waals surface area (Å²) in [5.41, 5.74) is -2.63. The molecule has 0 radical (unpaired) electrons. The molecule has 2 atom stereocenters. The minimum atomic E-state index is -3.13. The van der Waals surface area contributed by atoms with Gasteiger partial charge in [-0.1, -0.05) is 6.07 Å². The van der Waals surface area contributed by atoms with Crippen molar-refractivity contribution in [2.24, 2.45) is 0 Å². The number of rotatable bonds is 3. The number of carbonyl (C=O) groups excluding carboxylic acids is 1. The van der Waals surface area contributed by atoms with Crippen molar-refractivity contribution in [2.45, 2.75) is 76.4 Å². The number of hydrogen-bond donors (Lipinski definition) is 1. The molecule has 1 aromatic carbocycles. The summed E-state index contributed by atoms with van der Waals surface area (Å²) in [5, 5.41) is 11.2. The zero-order chi connectivity index (χ0) is 20.0. The van der Waals surface area contributed by atoms with Gasteiger partial charge in [0.15, 0.2) is 0 Å². The van der Waals surface area contributed by atoms with E-state index in [1.165, 1.54) is 12.1 Å². The molecule has 2 fully saturated rings. The Morgan fingerprint density at radius 2 is 1.85 bits per heavy atom. The van der Waals surface area contributed by atoms with Crippen LogP contribution in [0.15, 0.2) is 18.2 Å². The van der Waals surface area contributed by atoms with Crippen LogP contribution in [-0.2, 0) is 10.3 Å². The summed E-state index contributed by atoms with van der Waals surface area (Å²) in [6, 6.07) is 2.85. The van der Waals surface area contributed by atoms with E-state index in [0.29, 0.717) is 12.8 Å². The number of fused-ring (bicyclic) bond motifs is 2. The molecule has 150 valence electrons. The standard InChI is InChI=1S/C19H24F3NO4/c1-18(2,3)27-17(24)23-11-7-8-12(23)10-19(25,9-11)15-13(20)5-4-6-14(15)26-16(21)22/h4-6,11-12,16,25H,7-10H2,1-3H3. The number of aliphatic hydroxyl groups is 1. The molecule has 0 spiro atoms. The number of benzene rings is 1. The van der Waals surface area contributed by atoms with E-state index in [9.17, 15) is 23.1 Å². The second-order valence-electron chi connectivity index (χ2n) is 8.20. The molecule has 2 saturated heterocycles. The van der Waals surface area contributed by atoms with Crippen LogP contribution in [0.25, 0.3) is 0 Å². The molecule has 1 N–H and O–H groups in total. The molecule has 1 amide bonds. The Hall–Kier alpha value is -1.96. The summed E-state index contributed by atoms with van der Waals surface area (Å²) in [6.07, 6.45) is 0.846. The van der Waals surface area contributed by atoms with Crippen LogP contribution in [0.2, 0.25) is 0 Å². The van der Waals surface area contributed by atoms with Gasteiger partial charge in [-0.3, -0.25) is 0 Å². The number of halogens is 3. The maximum absolute atomic E-state index is 14.5. The van der Waals surface area contributed by atoms with Crippen molar-refractivity contribution in [3.05, 3.63) is 29.6 Å². The number of amides is 1. The predicted octanol–water partition coefficient (Wildman–Crippen LogP) is 4.18. The van der Waals surface area contributed by atoms with Crippen molar-refractivity contribution in [1.82, 2.24) is 4.90 Å². The van der Waals surface area contributed by atoms with Crippen LogP contribution in [0.1, 0.15) is 52.0 Å². The quantitative estimate of drug-likeness (QED) is 0.846. The van der Waals surface area contributed by atoms with E-state index in [1.54, 1.807) is 25.7 Å². The monoisotopic (exact) mass is 387 g/mol. The van der Waals surface area contributed by atoms with E-state index in [-0.39, 0.29) is 36.2 Å². The summed E-state index contributed by atoms with van der Waals surface area (Å²) >= 11 is 0. The zero-order valence-corrected chi connectivity index (χ0v) is 15.5. The highest BCUT2D eigenvalue weighted by Crippen LogP contribution is 2.49. The molecular formula is C19H24F3NO4. The molecule has 27 heavy (non-hydrogen) atoms. The number of piperidine rings is 1. The van der Waals surface area contributed by atoms with Gasteiger partial charge in [-0.25, -0.2) is 9.18 Å². The molecule has 2 unspecified atom stereocenters. The summed E-state index contributed by atoms with van der Waals surface area (Å²) in [4.78, 5) is 14.1. The SMILES string of the molecule is CC(C)(C)OC(=O)N1C2CCC1CC(O)(c1c(F)cccc1OC(F)F)C2. The lowest BCUT2D eigenvalue weighted by atomic mass is 9.80. The highest BCUT2D eigenvalue weighted by molar-refractivity contribution is 5.70. The molecule has 2 aliphatic rings. The summed E-state index contributed by atoms with van der Waals surface area (Å²) in [5.74, 6) is -1.18. The van der Waals surface area contributed by atoms with Crippen LogP contribution in [0.3, 0.4) is 0 Å². The third-order valence-electron chi connectivity index (χ3n) is 5.03. The first kappa shape index (κ1) is 19.8. The average molecular weight is 387 g/mol. The largest absolute Gasteiger partial charge is 0.444 e. The molecule has 0 saturated carbocycles. The van der Waals surface area contributed by atoms with E-state index < -0.39 is 29.7 Å². The van der Waals surface area contributed by atoms with Gasteiger partial charge in [-0.2, -0.15) is 8.78 Å². The fourth-order valence-corrected chi connectivity index (χ4v) is 4.19. The van der Waals surface area contributed by atoms with Gasteiger partial charge in [0.2, 0.25) is 0 Å². The number of alkyl halides is 2. The first-order valence-corrected chi connectivity index (χ1v) is 8.98. The molecule has 2 aliphatic heterocycles. The fourth-order valence-electron chi connectivity index (χ4n) is 4.19. The van der Waals surface area contributed by atoms with Crippen LogP contribution in [0, 0.1) is 5.82 Å². The number of hydrogen-bond acceptors (Lipinski definition) is 4. The van der Waals surface area contributed by atoms with Gasteiger partial charge < -0.3 is 19.5 Å². The number of ether oxygens (including phenoxy) is 2. The van der Waals surface area contributed by atoms with E-state index in [1.807, 2.05) is 0 Å². The van der Waals surface area contributed by atoms with Crippen molar-refractivity contribution in [2.75, 3.05) is 0 Å². The van der Waals surface area contributed by atoms with Crippen LogP contribution >= 0.6 is 0 Å². The highest BCUT2D eigenvalue weighted by Gasteiger charge is 2.52. The molecule has 5 nitrogen and oxygen atoms in total. The molecule has 2 bridgehead atoms. The molecule has 8 heteroatoms. The van der Waals surface area contributed by atoms with Crippen molar-refractivity contribution in [3.8, 4) is 5.75 Å². The van der Waals surface area contributed by atoms with Crippen LogP contribution in [0.4, 0.5) is 18.0 Å². The Balaban J connectivity index is 1.89. The lowest BCUT2D eigenvalue weighted by Gasteiger charge is -2.44. The molecule has 3 rings (SSSR count). The van der Waals surface area contributed by atoms with Crippen LogP contribution < -0.4 is 4.74 Å². The van der Waals surface area contributed by atoms with Crippen LogP contribution in [-0.4, -0.2) is 40.4 Å². The first-order valence-electron chi connectivity index (χ1n) is 8.98. The molecule has 2 heterocycles. The Bertz CT molecular complexity index is 705. The fraction of sp³-hybridized carbons (Fsp3) is 0.632. The van der Waals surface area contributed by atoms with Gasteiger partial charge >= 0.3 is 12.7 Å². The van der Waals surface area contributed by atoms with Crippen molar-refractivity contribution >= 4 is 6.09 Å². The van der Waals surface area contributed by atoms with Gasteiger partial charge in [0.25, 0.3) is 0 Å². The van der Waals surface area contributed by atoms with Crippen LogP contribution in [0.5, 0.6) is 5.75 Å². The second-order valence-corrected chi connectivity index (χ2v) is 8.20. The summed E-state index contributed by atoms with van der Waals surface area (Å²) in [7, 11) is 0. The van der Waals surface area contributed by atoms with Gasteiger partial charge in [0, 0.05) is 24.9 Å². The second kappa shape index (κ2) is 6.89. The first-order chi connectivity index (χ1) is 12.5. The average Bonchev–Trinajstić information content (AvgIpc) is 2.78. The molecular weight excluding hydrogens is 363 g/mol. The Kier molecular flexibility index (Phi) is 5.05. The van der Waals surface area contributed by atoms with Crippen molar-refractivity contribution < 1.29 is 32.5 Å². The minimum Gasteiger partial charge on any atom is -0.444 e. The van der Waals surface area contributed by atoms with Gasteiger partial charge in [-0.05, 0) is 45.7 Å². The Morgan fingerprint density at radius 3 is 2.37 bits per heavy atom. The maximum Gasteiger partial charge on any atom is 0.410 e. The topological polar surface area (TPSA) is 59.0 Å². The van der Waals surface area contributed by atoms with Crippen molar-refractivity contribution in [3.63, 3.8) is 0 Å². The minimum absolute atomic E-state index is 0.0310. The Labute approximate surface area is 156 Å². The highest BCUT2D eigenvalue weighted by atomic mass is 19.3. The van der Waals surface area contributed by atoms with E-state index in [0.717, 1.165) is 6.07 Å². The molecule has 1 aromatic rings. The smallest absolute Gasteiger partial charge is 0.410 e. The summed E-state index contributed by atoms with van der Waals surface area (Å²) < 4.78 is 49.8. The summed E-state index contributed by atoms with van der Waals surface area (Å²) in [6.45, 7) is 2.16. The normalized spacial score (nSPS) is 27.8. The van der Waals surface area contributed by atoms with E-state index in [2.05, 4.69) is 4.74 Å². The lowest BCUT2D eigenvalue weighted by Crippen LogP contribution is -2.53. The molecule has 0 aliphatic carbocycles. The van der Waals surface area contributed by atoms with Gasteiger partial charge in [-0.15, -0.1) is 0 Å². The number of carbonyl (C=O) groups is 1. The van der Waals surface area contributed by atoms with Gasteiger partial charge in [0.05, 0.1) is 5.56 Å². The van der Waals surface area contributed by atoms with Crippen molar-refractivity contribution in [1.29, 1.82) is 0 Å². The zero-order valence-electron chi connectivity index (χ0n) is 15.5.